The van der Waals surface area contributed by atoms with Crippen LogP contribution in [-0.2, 0) is 4.74 Å². The molecular formula is C11H18N2O3. The third-order valence-corrected chi connectivity index (χ3v) is 2.33. The second kappa shape index (κ2) is 4.30. The van der Waals surface area contributed by atoms with Crippen LogP contribution in [0.2, 0.25) is 0 Å². The molecule has 1 rings (SSSR count). The Morgan fingerprint density at radius 1 is 1.56 bits per heavy atom. The maximum absolute atomic E-state index is 11.7. The smallest absolute Gasteiger partial charge is 0.410 e. The summed E-state index contributed by atoms with van der Waals surface area (Å²) in [6.45, 7) is 5.90. The van der Waals surface area contributed by atoms with Crippen LogP contribution in [0.4, 0.5) is 4.79 Å². The third-order valence-electron chi connectivity index (χ3n) is 2.33. The van der Waals surface area contributed by atoms with Crippen molar-refractivity contribution in [3.8, 4) is 6.07 Å². The molecule has 1 fully saturated rings. The number of hydrogen-bond acceptors (Lipinski definition) is 4. The number of likely N-dealkylation sites (tertiary alicyclic amines) is 1. The van der Waals surface area contributed by atoms with Gasteiger partial charge in [0, 0.05) is 6.54 Å². The van der Waals surface area contributed by atoms with Crippen LogP contribution in [0.1, 0.15) is 33.6 Å². The first-order valence-corrected chi connectivity index (χ1v) is 5.37. The van der Waals surface area contributed by atoms with Crippen molar-refractivity contribution in [2.75, 3.05) is 13.1 Å². The molecule has 90 valence electrons. The zero-order valence-corrected chi connectivity index (χ0v) is 9.99. The highest BCUT2D eigenvalue weighted by Gasteiger charge is 2.36. The van der Waals surface area contributed by atoms with Crippen molar-refractivity contribution < 1.29 is 14.6 Å². The number of piperidine rings is 1. The first-order chi connectivity index (χ1) is 7.26. The quantitative estimate of drug-likeness (QED) is 0.631. The van der Waals surface area contributed by atoms with Crippen molar-refractivity contribution in [2.45, 2.75) is 44.8 Å². The average Bonchev–Trinajstić information content (AvgIpc) is 2.15. The van der Waals surface area contributed by atoms with E-state index in [2.05, 4.69) is 0 Å². The predicted octanol–water partition coefficient (Wildman–Crippen LogP) is 1.27. The lowest BCUT2D eigenvalue weighted by molar-refractivity contribution is -0.0160. The number of aliphatic hydroxyl groups is 1. The van der Waals surface area contributed by atoms with E-state index in [0.717, 1.165) is 0 Å². The largest absolute Gasteiger partial charge is 0.444 e. The number of hydrogen-bond donors (Lipinski definition) is 1. The molecule has 5 nitrogen and oxygen atoms in total. The molecule has 1 atom stereocenters. The van der Waals surface area contributed by atoms with E-state index in [1.165, 1.54) is 4.90 Å². The molecule has 1 N–H and O–H groups in total. The Hall–Kier alpha value is -1.28. The third kappa shape index (κ3) is 3.38. The fraction of sp³-hybridized carbons (Fsp3) is 0.818. The maximum atomic E-state index is 11.7. The Bertz CT molecular complexity index is 316. The lowest BCUT2D eigenvalue weighted by atomic mass is 9.95. The molecule has 0 aromatic carbocycles. The molecule has 1 aliphatic heterocycles. The molecule has 5 heteroatoms. The van der Waals surface area contributed by atoms with Gasteiger partial charge in [0.25, 0.3) is 0 Å². The van der Waals surface area contributed by atoms with Crippen LogP contribution >= 0.6 is 0 Å². The molecule has 0 radical (unpaired) electrons. The van der Waals surface area contributed by atoms with E-state index in [0.29, 0.717) is 19.4 Å². The number of β-amino-alcohol motifs (C(OH)–C–C–N with tert-alkyl or cyclic N) is 1. The molecule has 0 aliphatic carbocycles. The second-order valence-electron chi connectivity index (χ2n) is 5.15. The molecule has 0 spiro atoms. The van der Waals surface area contributed by atoms with Gasteiger partial charge in [-0.3, -0.25) is 0 Å². The summed E-state index contributed by atoms with van der Waals surface area (Å²) in [5.74, 6) is 0. The fourth-order valence-corrected chi connectivity index (χ4v) is 1.61. The number of carbonyl (C=O) groups excluding carboxylic acids is 1. The first kappa shape index (κ1) is 12.8. The lowest BCUT2D eigenvalue weighted by Gasteiger charge is -2.35. The molecule has 0 aromatic rings. The van der Waals surface area contributed by atoms with Gasteiger partial charge in [0.1, 0.15) is 5.60 Å². The summed E-state index contributed by atoms with van der Waals surface area (Å²) in [7, 11) is 0. The van der Waals surface area contributed by atoms with Gasteiger partial charge in [-0.15, -0.1) is 0 Å². The van der Waals surface area contributed by atoms with Gasteiger partial charge in [0.05, 0.1) is 12.6 Å². The van der Waals surface area contributed by atoms with Crippen molar-refractivity contribution in [1.82, 2.24) is 4.90 Å². The van der Waals surface area contributed by atoms with Gasteiger partial charge in [-0.1, -0.05) is 0 Å². The Kier molecular flexibility index (Phi) is 3.44. The summed E-state index contributed by atoms with van der Waals surface area (Å²) in [4.78, 5) is 13.1. The zero-order valence-electron chi connectivity index (χ0n) is 9.99. The van der Waals surface area contributed by atoms with Crippen LogP contribution in [0, 0.1) is 11.3 Å². The van der Waals surface area contributed by atoms with Crippen molar-refractivity contribution in [3.63, 3.8) is 0 Å². The molecule has 0 bridgehead atoms. The highest BCUT2D eigenvalue weighted by atomic mass is 16.6. The van der Waals surface area contributed by atoms with Crippen molar-refractivity contribution in [3.05, 3.63) is 0 Å². The van der Waals surface area contributed by atoms with Crippen LogP contribution in [-0.4, -0.2) is 40.4 Å². The van der Waals surface area contributed by atoms with E-state index in [4.69, 9.17) is 10.00 Å². The summed E-state index contributed by atoms with van der Waals surface area (Å²) >= 11 is 0. The van der Waals surface area contributed by atoms with Crippen LogP contribution in [0.3, 0.4) is 0 Å². The minimum Gasteiger partial charge on any atom is -0.444 e. The summed E-state index contributed by atoms with van der Waals surface area (Å²) < 4.78 is 5.18. The van der Waals surface area contributed by atoms with Gasteiger partial charge in [0.2, 0.25) is 0 Å². The number of nitrogens with zero attached hydrogens (tertiary/aromatic N) is 2. The SMILES string of the molecule is CC(C)(C)OC(=O)N1CCC[C@](O)(C#N)C1. The Morgan fingerprint density at radius 2 is 2.19 bits per heavy atom. The number of ether oxygens (including phenoxy) is 1. The highest BCUT2D eigenvalue weighted by Crippen LogP contribution is 2.22. The average molecular weight is 226 g/mol. The molecule has 1 amide bonds. The van der Waals surface area contributed by atoms with Gasteiger partial charge < -0.3 is 14.7 Å². The number of rotatable bonds is 0. The van der Waals surface area contributed by atoms with E-state index in [1.54, 1.807) is 20.8 Å². The first-order valence-electron chi connectivity index (χ1n) is 5.37. The van der Waals surface area contributed by atoms with Crippen molar-refractivity contribution >= 4 is 6.09 Å². The molecule has 1 heterocycles. The number of carbonyl (C=O) groups is 1. The zero-order chi connectivity index (χ0) is 12.4. The van der Waals surface area contributed by atoms with Gasteiger partial charge in [-0.2, -0.15) is 5.26 Å². The van der Waals surface area contributed by atoms with E-state index in [-0.39, 0.29) is 6.54 Å². The van der Waals surface area contributed by atoms with Gasteiger partial charge >= 0.3 is 6.09 Å². The Morgan fingerprint density at radius 3 is 2.69 bits per heavy atom. The summed E-state index contributed by atoms with van der Waals surface area (Å²) in [6.07, 6.45) is 0.549. The van der Waals surface area contributed by atoms with E-state index >= 15 is 0 Å². The van der Waals surface area contributed by atoms with Crippen molar-refractivity contribution in [2.24, 2.45) is 0 Å². The summed E-state index contributed by atoms with van der Waals surface area (Å²) in [5.41, 5.74) is -1.98. The second-order valence-corrected chi connectivity index (χ2v) is 5.15. The molecule has 16 heavy (non-hydrogen) atoms. The minimum atomic E-state index is -1.42. The highest BCUT2D eigenvalue weighted by molar-refractivity contribution is 5.68. The number of amides is 1. The molecular weight excluding hydrogens is 208 g/mol. The fourth-order valence-electron chi connectivity index (χ4n) is 1.61. The van der Waals surface area contributed by atoms with Crippen LogP contribution in [0.5, 0.6) is 0 Å². The van der Waals surface area contributed by atoms with E-state index in [9.17, 15) is 9.90 Å². The topological polar surface area (TPSA) is 73.6 Å². The lowest BCUT2D eigenvalue weighted by Crippen LogP contribution is -2.50. The normalized spacial score (nSPS) is 26.1. The Labute approximate surface area is 95.6 Å². The summed E-state index contributed by atoms with van der Waals surface area (Å²) in [6, 6.07) is 1.83. The van der Waals surface area contributed by atoms with Crippen molar-refractivity contribution in [1.29, 1.82) is 5.26 Å². The number of nitriles is 1. The molecule has 0 aromatic heterocycles. The molecule has 0 unspecified atom stereocenters. The monoisotopic (exact) mass is 226 g/mol. The van der Waals surface area contributed by atoms with Crippen LogP contribution in [0.25, 0.3) is 0 Å². The van der Waals surface area contributed by atoms with Crippen LogP contribution < -0.4 is 0 Å². The van der Waals surface area contributed by atoms with Gasteiger partial charge in [0.15, 0.2) is 5.60 Å². The van der Waals surface area contributed by atoms with Gasteiger partial charge in [-0.25, -0.2) is 4.79 Å². The molecule has 0 saturated carbocycles. The van der Waals surface area contributed by atoms with Crippen LogP contribution in [0.15, 0.2) is 0 Å². The van der Waals surface area contributed by atoms with E-state index in [1.807, 2.05) is 6.07 Å². The molecule has 1 saturated heterocycles. The minimum absolute atomic E-state index is 0.0262. The van der Waals surface area contributed by atoms with Gasteiger partial charge in [-0.05, 0) is 33.6 Å². The Balaban J connectivity index is 2.62. The maximum Gasteiger partial charge on any atom is 0.410 e. The summed E-state index contributed by atoms with van der Waals surface area (Å²) in [5, 5.41) is 18.6. The predicted molar refractivity (Wildman–Crippen MR) is 57.6 cm³/mol. The molecule has 1 aliphatic rings. The standard InChI is InChI=1S/C11H18N2O3/c1-10(2,3)16-9(14)13-6-4-5-11(15,7-12)8-13/h15H,4-6,8H2,1-3H3/t11-/m0/s1. The van der Waals surface area contributed by atoms with E-state index < -0.39 is 17.3 Å².